The smallest absolute Gasteiger partial charge is 0.138 e. The highest BCUT2D eigenvalue weighted by atomic mass is 15.1. The van der Waals surface area contributed by atoms with Crippen molar-refractivity contribution in [1.29, 1.82) is 0 Å². The molecule has 1 unspecified atom stereocenters. The first kappa shape index (κ1) is 17.7. The molecule has 120 valence electrons. The number of anilines is 2. The SMILES string of the molecule is CCNc1nc(C(C)(C)C)nc(NCC(C)C(C)C)c1C. The molecule has 0 aromatic carbocycles. The van der Waals surface area contributed by atoms with Crippen LogP contribution in [0.5, 0.6) is 0 Å². The van der Waals surface area contributed by atoms with Gasteiger partial charge in [0.1, 0.15) is 17.5 Å². The molecule has 0 saturated carbocycles. The zero-order valence-corrected chi connectivity index (χ0v) is 15.0. The third-order valence-corrected chi connectivity index (χ3v) is 3.89. The average Bonchev–Trinajstić information content (AvgIpc) is 2.38. The van der Waals surface area contributed by atoms with Crippen molar-refractivity contribution in [1.82, 2.24) is 9.97 Å². The van der Waals surface area contributed by atoms with Crippen molar-refractivity contribution in [2.24, 2.45) is 11.8 Å². The molecule has 4 heteroatoms. The van der Waals surface area contributed by atoms with E-state index < -0.39 is 0 Å². The van der Waals surface area contributed by atoms with Gasteiger partial charge in [0, 0.05) is 24.1 Å². The molecule has 4 nitrogen and oxygen atoms in total. The quantitative estimate of drug-likeness (QED) is 0.824. The lowest BCUT2D eigenvalue weighted by Crippen LogP contribution is -2.22. The van der Waals surface area contributed by atoms with Crippen LogP contribution in [-0.2, 0) is 5.41 Å². The number of aromatic nitrogens is 2. The topological polar surface area (TPSA) is 49.8 Å². The van der Waals surface area contributed by atoms with Crippen LogP contribution >= 0.6 is 0 Å². The van der Waals surface area contributed by atoms with E-state index in [2.05, 4.69) is 66.0 Å². The van der Waals surface area contributed by atoms with Gasteiger partial charge in [-0.05, 0) is 25.7 Å². The number of nitrogens with one attached hydrogen (secondary N) is 2. The Hall–Kier alpha value is -1.32. The highest BCUT2D eigenvalue weighted by Crippen LogP contribution is 2.26. The summed E-state index contributed by atoms with van der Waals surface area (Å²) in [5.41, 5.74) is 1.04. The van der Waals surface area contributed by atoms with Crippen molar-refractivity contribution in [2.75, 3.05) is 23.7 Å². The molecular formula is C17H32N4. The Labute approximate surface area is 130 Å². The van der Waals surface area contributed by atoms with Crippen molar-refractivity contribution in [2.45, 2.75) is 60.8 Å². The highest BCUT2D eigenvalue weighted by Gasteiger charge is 2.21. The summed E-state index contributed by atoms with van der Waals surface area (Å²) < 4.78 is 0. The summed E-state index contributed by atoms with van der Waals surface area (Å²) in [5, 5.41) is 6.86. The van der Waals surface area contributed by atoms with Crippen LogP contribution in [0.15, 0.2) is 0 Å². The van der Waals surface area contributed by atoms with E-state index in [1.54, 1.807) is 0 Å². The minimum atomic E-state index is -0.0576. The second-order valence-corrected chi connectivity index (χ2v) is 7.25. The maximum Gasteiger partial charge on any atom is 0.138 e. The number of hydrogen-bond acceptors (Lipinski definition) is 4. The molecule has 1 rings (SSSR count). The van der Waals surface area contributed by atoms with E-state index in [9.17, 15) is 0 Å². The number of hydrogen-bond donors (Lipinski definition) is 2. The van der Waals surface area contributed by atoms with Gasteiger partial charge in [-0.25, -0.2) is 9.97 Å². The summed E-state index contributed by atoms with van der Waals surface area (Å²) >= 11 is 0. The van der Waals surface area contributed by atoms with Gasteiger partial charge in [-0.3, -0.25) is 0 Å². The second-order valence-electron chi connectivity index (χ2n) is 7.25. The van der Waals surface area contributed by atoms with Crippen LogP contribution < -0.4 is 10.6 Å². The minimum absolute atomic E-state index is 0.0576. The van der Waals surface area contributed by atoms with E-state index >= 15 is 0 Å². The minimum Gasteiger partial charge on any atom is -0.370 e. The van der Waals surface area contributed by atoms with Crippen molar-refractivity contribution >= 4 is 11.6 Å². The molecule has 2 N–H and O–H groups in total. The van der Waals surface area contributed by atoms with Crippen molar-refractivity contribution in [3.05, 3.63) is 11.4 Å². The van der Waals surface area contributed by atoms with Gasteiger partial charge in [-0.2, -0.15) is 0 Å². The molecule has 0 saturated heterocycles. The van der Waals surface area contributed by atoms with Crippen LogP contribution in [-0.4, -0.2) is 23.1 Å². The van der Waals surface area contributed by atoms with Crippen LogP contribution in [0.25, 0.3) is 0 Å². The first-order chi connectivity index (χ1) is 9.66. The summed E-state index contributed by atoms with van der Waals surface area (Å²) in [5.74, 6) is 4.05. The molecule has 0 aliphatic carbocycles. The molecule has 0 radical (unpaired) electrons. The monoisotopic (exact) mass is 292 g/mol. The van der Waals surface area contributed by atoms with E-state index in [4.69, 9.17) is 9.97 Å². The molecule has 0 aliphatic rings. The Morgan fingerprint density at radius 3 is 1.95 bits per heavy atom. The van der Waals surface area contributed by atoms with Gasteiger partial charge in [0.2, 0.25) is 0 Å². The van der Waals surface area contributed by atoms with Gasteiger partial charge < -0.3 is 10.6 Å². The molecule has 21 heavy (non-hydrogen) atoms. The lowest BCUT2D eigenvalue weighted by Gasteiger charge is -2.22. The molecule has 0 spiro atoms. The van der Waals surface area contributed by atoms with Gasteiger partial charge in [-0.1, -0.05) is 41.5 Å². The van der Waals surface area contributed by atoms with E-state index in [1.807, 2.05) is 0 Å². The third-order valence-electron chi connectivity index (χ3n) is 3.89. The van der Waals surface area contributed by atoms with Gasteiger partial charge in [0.25, 0.3) is 0 Å². The maximum atomic E-state index is 4.76. The first-order valence-corrected chi connectivity index (χ1v) is 8.03. The molecule has 0 bridgehead atoms. The first-order valence-electron chi connectivity index (χ1n) is 8.03. The highest BCUT2D eigenvalue weighted by molar-refractivity contribution is 5.57. The van der Waals surface area contributed by atoms with Gasteiger partial charge in [0.15, 0.2) is 0 Å². The zero-order valence-electron chi connectivity index (χ0n) is 15.0. The second kappa shape index (κ2) is 7.10. The molecular weight excluding hydrogens is 260 g/mol. The lowest BCUT2D eigenvalue weighted by atomic mass is 9.95. The summed E-state index contributed by atoms with van der Waals surface area (Å²) in [6.07, 6.45) is 0. The average molecular weight is 292 g/mol. The van der Waals surface area contributed by atoms with Gasteiger partial charge >= 0.3 is 0 Å². The zero-order chi connectivity index (χ0) is 16.2. The molecule has 0 amide bonds. The van der Waals surface area contributed by atoms with E-state index in [-0.39, 0.29) is 5.41 Å². The molecule has 1 aromatic heterocycles. The Morgan fingerprint density at radius 1 is 1.00 bits per heavy atom. The summed E-state index contributed by atoms with van der Waals surface area (Å²) in [6, 6.07) is 0. The van der Waals surface area contributed by atoms with Crippen LogP contribution in [0.2, 0.25) is 0 Å². The normalized spacial score (nSPS) is 13.4. The van der Waals surface area contributed by atoms with E-state index in [0.29, 0.717) is 11.8 Å². The molecule has 1 heterocycles. The predicted octanol–water partition coefficient (Wildman–Crippen LogP) is 4.22. The summed E-state index contributed by atoms with van der Waals surface area (Å²) in [7, 11) is 0. The predicted molar refractivity (Wildman–Crippen MR) is 92.1 cm³/mol. The van der Waals surface area contributed by atoms with Crippen molar-refractivity contribution in [3.63, 3.8) is 0 Å². The Bertz CT molecular complexity index is 461. The van der Waals surface area contributed by atoms with Crippen molar-refractivity contribution in [3.8, 4) is 0 Å². The largest absolute Gasteiger partial charge is 0.370 e. The fourth-order valence-corrected chi connectivity index (χ4v) is 1.86. The summed E-state index contributed by atoms with van der Waals surface area (Å²) in [6.45, 7) is 19.2. The van der Waals surface area contributed by atoms with E-state index in [0.717, 1.165) is 36.1 Å². The maximum absolute atomic E-state index is 4.76. The molecule has 1 atom stereocenters. The van der Waals surface area contributed by atoms with Crippen molar-refractivity contribution < 1.29 is 0 Å². The Morgan fingerprint density at radius 2 is 1.52 bits per heavy atom. The number of nitrogens with zero attached hydrogens (tertiary/aromatic N) is 2. The van der Waals surface area contributed by atoms with Crippen LogP contribution in [0.1, 0.15) is 59.9 Å². The van der Waals surface area contributed by atoms with Crippen LogP contribution in [0, 0.1) is 18.8 Å². The summed E-state index contributed by atoms with van der Waals surface area (Å²) in [4.78, 5) is 9.45. The number of rotatable bonds is 6. The van der Waals surface area contributed by atoms with Crippen LogP contribution in [0.4, 0.5) is 11.6 Å². The van der Waals surface area contributed by atoms with E-state index in [1.165, 1.54) is 0 Å². The fraction of sp³-hybridized carbons (Fsp3) is 0.765. The molecule has 0 fully saturated rings. The molecule has 1 aromatic rings. The lowest BCUT2D eigenvalue weighted by molar-refractivity contribution is 0.439. The molecule has 0 aliphatic heterocycles. The Kier molecular flexibility index (Phi) is 5.99. The third kappa shape index (κ3) is 4.87. The van der Waals surface area contributed by atoms with Gasteiger partial charge in [-0.15, -0.1) is 0 Å². The van der Waals surface area contributed by atoms with Crippen LogP contribution in [0.3, 0.4) is 0 Å². The van der Waals surface area contributed by atoms with Gasteiger partial charge in [0.05, 0.1) is 0 Å². The standard InChI is InChI=1S/C17H32N4/c1-9-18-14-13(5)15(19-10-12(4)11(2)3)21-16(20-14)17(6,7)8/h11-12H,9-10H2,1-8H3,(H2,18,19,20,21). The fourth-order valence-electron chi connectivity index (χ4n) is 1.86. The Balaban J connectivity index is 3.08.